The Hall–Kier alpha value is -0.860. The quantitative estimate of drug-likeness (QED) is 0.716. The lowest BCUT2D eigenvalue weighted by molar-refractivity contribution is 0.0985. The van der Waals surface area contributed by atoms with E-state index in [4.69, 9.17) is 0 Å². The Labute approximate surface area is 118 Å². The zero-order chi connectivity index (χ0) is 14.1. The van der Waals surface area contributed by atoms with Crippen LogP contribution in [-0.4, -0.2) is 23.8 Å². The maximum absolute atomic E-state index is 10.1. The van der Waals surface area contributed by atoms with Crippen molar-refractivity contribution in [2.75, 3.05) is 6.54 Å². The summed E-state index contributed by atoms with van der Waals surface area (Å²) in [6.45, 7) is 7.21. The molecule has 2 atom stereocenters. The lowest BCUT2D eigenvalue weighted by Crippen LogP contribution is -2.37. The average Bonchev–Trinajstić information content (AvgIpc) is 2.45. The molecule has 0 aliphatic heterocycles. The molecular weight excluding hydrogens is 234 g/mol. The molecule has 2 unspecified atom stereocenters. The summed E-state index contributed by atoms with van der Waals surface area (Å²) in [5.74, 6) is 0.425. The Morgan fingerprint density at radius 3 is 2.32 bits per heavy atom. The monoisotopic (exact) mass is 263 g/mol. The van der Waals surface area contributed by atoms with Crippen LogP contribution in [-0.2, 0) is 6.42 Å². The number of rotatable bonds is 9. The SMILES string of the molecule is CCC(CC)C(O)CNC(C)CCc1ccccc1. The highest BCUT2D eigenvalue weighted by Crippen LogP contribution is 2.12. The van der Waals surface area contributed by atoms with Crippen molar-refractivity contribution in [3.8, 4) is 0 Å². The molecule has 1 aromatic carbocycles. The smallest absolute Gasteiger partial charge is 0.0692 e. The molecule has 0 fully saturated rings. The summed E-state index contributed by atoms with van der Waals surface area (Å²) in [7, 11) is 0. The summed E-state index contributed by atoms with van der Waals surface area (Å²) in [4.78, 5) is 0. The van der Waals surface area contributed by atoms with Crippen LogP contribution in [0.5, 0.6) is 0 Å². The van der Waals surface area contributed by atoms with Crippen molar-refractivity contribution in [2.45, 2.75) is 58.6 Å². The molecule has 0 radical (unpaired) electrons. The van der Waals surface area contributed by atoms with Crippen molar-refractivity contribution in [1.82, 2.24) is 5.32 Å². The van der Waals surface area contributed by atoms with Gasteiger partial charge in [0, 0.05) is 12.6 Å². The van der Waals surface area contributed by atoms with E-state index < -0.39 is 0 Å². The van der Waals surface area contributed by atoms with Crippen molar-refractivity contribution in [3.63, 3.8) is 0 Å². The zero-order valence-corrected chi connectivity index (χ0v) is 12.6. The van der Waals surface area contributed by atoms with Crippen LogP contribution in [0.3, 0.4) is 0 Å². The molecule has 2 N–H and O–H groups in total. The minimum absolute atomic E-state index is 0.214. The van der Waals surface area contributed by atoms with Crippen molar-refractivity contribution < 1.29 is 5.11 Å². The van der Waals surface area contributed by atoms with E-state index in [0.29, 0.717) is 18.5 Å². The van der Waals surface area contributed by atoms with E-state index in [-0.39, 0.29) is 6.10 Å². The normalized spacial score (nSPS) is 14.6. The van der Waals surface area contributed by atoms with Gasteiger partial charge in [-0.25, -0.2) is 0 Å². The summed E-state index contributed by atoms with van der Waals surface area (Å²) < 4.78 is 0. The van der Waals surface area contributed by atoms with Crippen LogP contribution >= 0.6 is 0 Å². The largest absolute Gasteiger partial charge is 0.392 e. The number of aliphatic hydroxyl groups excluding tert-OH is 1. The van der Waals surface area contributed by atoms with Gasteiger partial charge in [0.05, 0.1) is 6.10 Å². The fraction of sp³-hybridized carbons (Fsp3) is 0.647. The standard InChI is InChI=1S/C17H29NO/c1-4-16(5-2)17(19)13-18-14(3)11-12-15-9-7-6-8-10-15/h6-10,14,16-19H,4-5,11-13H2,1-3H3. The highest BCUT2D eigenvalue weighted by Gasteiger charge is 2.15. The molecular formula is C17H29NO. The van der Waals surface area contributed by atoms with Crippen LogP contribution in [0.1, 0.15) is 45.6 Å². The molecule has 0 aromatic heterocycles. The number of hydrogen-bond acceptors (Lipinski definition) is 2. The Morgan fingerprint density at radius 2 is 1.74 bits per heavy atom. The van der Waals surface area contributed by atoms with Crippen LogP contribution in [0, 0.1) is 5.92 Å². The molecule has 108 valence electrons. The van der Waals surface area contributed by atoms with Crippen molar-refractivity contribution >= 4 is 0 Å². The predicted octanol–water partition coefficient (Wildman–Crippen LogP) is 3.39. The summed E-state index contributed by atoms with van der Waals surface area (Å²) in [5, 5.41) is 13.5. The van der Waals surface area contributed by atoms with Crippen LogP contribution in [0.2, 0.25) is 0 Å². The summed E-state index contributed by atoms with van der Waals surface area (Å²) in [6, 6.07) is 11.0. The Bertz CT molecular complexity index is 321. The number of aryl methyl sites for hydroxylation is 1. The number of nitrogens with one attached hydrogen (secondary N) is 1. The second-order valence-corrected chi connectivity index (χ2v) is 5.48. The molecule has 0 spiro atoms. The molecule has 2 heteroatoms. The lowest BCUT2D eigenvalue weighted by Gasteiger charge is -2.22. The minimum Gasteiger partial charge on any atom is -0.392 e. The fourth-order valence-electron chi connectivity index (χ4n) is 2.45. The molecule has 1 aromatic rings. The van der Waals surface area contributed by atoms with Crippen molar-refractivity contribution in [1.29, 1.82) is 0 Å². The number of hydrogen-bond donors (Lipinski definition) is 2. The predicted molar refractivity (Wildman–Crippen MR) is 82.3 cm³/mol. The van der Waals surface area contributed by atoms with Gasteiger partial charge in [0.25, 0.3) is 0 Å². The van der Waals surface area contributed by atoms with E-state index in [1.807, 2.05) is 0 Å². The van der Waals surface area contributed by atoms with E-state index in [1.54, 1.807) is 0 Å². The van der Waals surface area contributed by atoms with Gasteiger partial charge in [-0.05, 0) is 31.2 Å². The topological polar surface area (TPSA) is 32.3 Å². The van der Waals surface area contributed by atoms with Crippen molar-refractivity contribution in [2.24, 2.45) is 5.92 Å². The Morgan fingerprint density at radius 1 is 1.11 bits per heavy atom. The molecule has 0 saturated heterocycles. The third-order valence-corrected chi connectivity index (χ3v) is 3.98. The van der Waals surface area contributed by atoms with E-state index >= 15 is 0 Å². The van der Waals surface area contributed by atoms with Crippen LogP contribution in [0.25, 0.3) is 0 Å². The van der Waals surface area contributed by atoms with Gasteiger partial charge in [0.15, 0.2) is 0 Å². The molecule has 19 heavy (non-hydrogen) atoms. The van der Waals surface area contributed by atoms with Crippen LogP contribution < -0.4 is 5.32 Å². The molecule has 0 aliphatic rings. The molecule has 1 rings (SSSR count). The highest BCUT2D eigenvalue weighted by molar-refractivity contribution is 5.14. The van der Waals surface area contributed by atoms with E-state index in [0.717, 1.165) is 25.7 Å². The number of aliphatic hydroxyl groups is 1. The van der Waals surface area contributed by atoms with Gasteiger partial charge < -0.3 is 10.4 Å². The zero-order valence-electron chi connectivity index (χ0n) is 12.6. The first-order valence-electron chi connectivity index (χ1n) is 7.62. The van der Waals surface area contributed by atoms with Gasteiger partial charge in [0.2, 0.25) is 0 Å². The van der Waals surface area contributed by atoms with Crippen molar-refractivity contribution in [3.05, 3.63) is 35.9 Å². The van der Waals surface area contributed by atoms with Gasteiger partial charge in [-0.1, -0.05) is 57.0 Å². The molecule has 0 aliphatic carbocycles. The molecule has 0 saturated carbocycles. The van der Waals surface area contributed by atoms with E-state index in [2.05, 4.69) is 56.4 Å². The molecule has 0 bridgehead atoms. The van der Waals surface area contributed by atoms with Crippen LogP contribution in [0.4, 0.5) is 0 Å². The first-order valence-corrected chi connectivity index (χ1v) is 7.62. The van der Waals surface area contributed by atoms with Gasteiger partial charge in [-0.2, -0.15) is 0 Å². The third-order valence-electron chi connectivity index (χ3n) is 3.98. The first-order chi connectivity index (χ1) is 9.17. The average molecular weight is 263 g/mol. The molecule has 0 amide bonds. The highest BCUT2D eigenvalue weighted by atomic mass is 16.3. The second kappa shape index (κ2) is 9.11. The maximum Gasteiger partial charge on any atom is 0.0692 e. The van der Waals surface area contributed by atoms with E-state index in [9.17, 15) is 5.11 Å². The summed E-state index contributed by atoms with van der Waals surface area (Å²) in [6.07, 6.45) is 4.10. The Kier molecular flexibility index (Phi) is 7.76. The van der Waals surface area contributed by atoms with Gasteiger partial charge in [-0.3, -0.25) is 0 Å². The number of benzene rings is 1. The lowest BCUT2D eigenvalue weighted by atomic mass is 9.96. The molecule has 0 heterocycles. The molecule has 2 nitrogen and oxygen atoms in total. The fourth-order valence-corrected chi connectivity index (χ4v) is 2.45. The second-order valence-electron chi connectivity index (χ2n) is 5.48. The van der Waals surface area contributed by atoms with Gasteiger partial charge in [0.1, 0.15) is 0 Å². The van der Waals surface area contributed by atoms with Gasteiger partial charge in [-0.15, -0.1) is 0 Å². The summed E-state index contributed by atoms with van der Waals surface area (Å²) in [5.41, 5.74) is 1.39. The minimum atomic E-state index is -0.214. The third kappa shape index (κ3) is 6.22. The summed E-state index contributed by atoms with van der Waals surface area (Å²) >= 11 is 0. The Balaban J connectivity index is 2.22. The maximum atomic E-state index is 10.1. The van der Waals surface area contributed by atoms with Gasteiger partial charge >= 0.3 is 0 Å². The first kappa shape index (κ1) is 16.2. The van der Waals surface area contributed by atoms with Crippen LogP contribution in [0.15, 0.2) is 30.3 Å². The van der Waals surface area contributed by atoms with E-state index in [1.165, 1.54) is 5.56 Å².